The highest BCUT2D eigenvalue weighted by atomic mass is 16.5. The second-order valence-corrected chi connectivity index (χ2v) is 10.3. The molecule has 9 nitrogen and oxygen atoms in total. The number of benzene rings is 2. The van der Waals surface area contributed by atoms with E-state index in [1.165, 1.54) is 5.56 Å². The zero-order valence-corrected chi connectivity index (χ0v) is 21.7. The van der Waals surface area contributed by atoms with Crippen molar-refractivity contribution in [1.29, 1.82) is 0 Å². The molecule has 0 aliphatic carbocycles. The Morgan fingerprint density at radius 3 is 2.63 bits per heavy atom. The van der Waals surface area contributed by atoms with Crippen LogP contribution < -0.4 is 10.9 Å². The largest absolute Gasteiger partial charge is 0.381 e. The van der Waals surface area contributed by atoms with Crippen LogP contribution in [0.3, 0.4) is 0 Å². The number of carbonyl (C=O) groups is 1. The Labute approximate surface area is 220 Å². The number of fused-ring (bicyclic) bond motifs is 3. The molecule has 1 amide bonds. The summed E-state index contributed by atoms with van der Waals surface area (Å²) in [5.41, 5.74) is 5.01. The lowest BCUT2D eigenvalue weighted by Crippen LogP contribution is -2.35. The smallest absolute Gasteiger partial charge is 0.259 e. The van der Waals surface area contributed by atoms with Crippen molar-refractivity contribution in [3.05, 3.63) is 75.2 Å². The molecule has 0 spiro atoms. The van der Waals surface area contributed by atoms with Crippen molar-refractivity contribution >= 4 is 27.7 Å². The van der Waals surface area contributed by atoms with Gasteiger partial charge in [-0.25, -0.2) is 0 Å². The normalized spacial score (nSPS) is 17.3. The molecule has 2 fully saturated rings. The first-order valence-electron chi connectivity index (χ1n) is 13.3. The van der Waals surface area contributed by atoms with Gasteiger partial charge in [-0.05, 0) is 48.6 Å². The van der Waals surface area contributed by atoms with Crippen molar-refractivity contribution in [2.45, 2.75) is 38.9 Å². The minimum atomic E-state index is -0.167. The van der Waals surface area contributed by atoms with Crippen molar-refractivity contribution in [2.75, 3.05) is 39.5 Å². The summed E-state index contributed by atoms with van der Waals surface area (Å²) in [6.07, 6.45) is 3.32. The molecule has 38 heavy (non-hydrogen) atoms. The first kappa shape index (κ1) is 24.8. The fourth-order valence-corrected chi connectivity index (χ4v) is 5.58. The Morgan fingerprint density at radius 2 is 1.82 bits per heavy atom. The first-order valence-corrected chi connectivity index (χ1v) is 13.3. The van der Waals surface area contributed by atoms with Gasteiger partial charge in [0.25, 0.3) is 11.5 Å². The maximum absolute atomic E-state index is 13.4. The number of hydrogen-bond donors (Lipinski definition) is 2. The maximum Gasteiger partial charge on any atom is 0.259 e. The summed E-state index contributed by atoms with van der Waals surface area (Å²) in [7, 11) is 0. The number of aromatic nitrogens is 3. The van der Waals surface area contributed by atoms with Crippen LogP contribution in [0.1, 0.15) is 45.9 Å². The fourth-order valence-electron chi connectivity index (χ4n) is 5.58. The lowest BCUT2D eigenvalue weighted by atomic mass is 10.0. The van der Waals surface area contributed by atoms with Crippen LogP contribution in [-0.2, 0) is 22.6 Å². The van der Waals surface area contributed by atoms with Gasteiger partial charge < -0.3 is 19.8 Å². The summed E-state index contributed by atoms with van der Waals surface area (Å²) < 4.78 is 12.9. The average Bonchev–Trinajstić information content (AvgIpc) is 3.39. The van der Waals surface area contributed by atoms with Gasteiger partial charge in [0.2, 0.25) is 0 Å². The standard InChI is InChI=1S/C29H33N5O4/c1-19-13-26-24(27-25(29(36)32-26)17-31-34(27)22-5-9-37-10-6-22)15-23(19)28(35)30-16-20-3-2-4-21(14-20)18-33-7-11-38-12-8-33/h2-4,13-15,17,22H,5-12,16,18H2,1H3,(H,30,35)(H,32,36). The van der Waals surface area contributed by atoms with E-state index < -0.39 is 0 Å². The van der Waals surface area contributed by atoms with Crippen LogP contribution in [0.2, 0.25) is 0 Å². The Bertz CT molecular complexity index is 1530. The molecule has 2 saturated heterocycles. The molecule has 2 aromatic carbocycles. The van der Waals surface area contributed by atoms with E-state index in [1.54, 1.807) is 6.20 Å². The molecular formula is C29H33N5O4. The van der Waals surface area contributed by atoms with Gasteiger partial charge in [0, 0.05) is 50.3 Å². The number of pyridine rings is 1. The van der Waals surface area contributed by atoms with Crippen LogP contribution in [0, 0.1) is 6.92 Å². The van der Waals surface area contributed by atoms with Crippen molar-refractivity contribution < 1.29 is 14.3 Å². The average molecular weight is 516 g/mol. The molecule has 0 saturated carbocycles. The predicted octanol–water partition coefficient (Wildman–Crippen LogP) is 3.30. The monoisotopic (exact) mass is 515 g/mol. The number of carbonyl (C=O) groups excluding carboxylic acids is 1. The molecule has 0 radical (unpaired) electrons. The van der Waals surface area contributed by atoms with E-state index in [-0.39, 0.29) is 17.5 Å². The highest BCUT2D eigenvalue weighted by Gasteiger charge is 2.22. The highest BCUT2D eigenvalue weighted by molar-refractivity contribution is 6.07. The molecule has 4 aromatic rings. The SMILES string of the molecule is Cc1cc2[nH]c(=O)c3cnn(C4CCOCC4)c3c2cc1C(=O)NCc1cccc(CN2CCOCC2)c1. The third-order valence-corrected chi connectivity index (χ3v) is 7.64. The molecule has 2 N–H and O–H groups in total. The van der Waals surface area contributed by atoms with Crippen molar-refractivity contribution in [3.63, 3.8) is 0 Å². The van der Waals surface area contributed by atoms with Gasteiger partial charge in [0.05, 0.1) is 41.9 Å². The predicted molar refractivity (Wildman–Crippen MR) is 145 cm³/mol. The number of nitrogens with one attached hydrogen (secondary N) is 2. The molecule has 0 unspecified atom stereocenters. The Balaban J connectivity index is 1.26. The quantitative estimate of drug-likeness (QED) is 0.409. The van der Waals surface area contributed by atoms with Crippen LogP contribution in [0.4, 0.5) is 0 Å². The van der Waals surface area contributed by atoms with Crippen LogP contribution in [0.15, 0.2) is 47.4 Å². The molecule has 6 rings (SSSR count). The molecule has 2 aliphatic heterocycles. The minimum Gasteiger partial charge on any atom is -0.381 e. The van der Waals surface area contributed by atoms with Gasteiger partial charge in [-0.15, -0.1) is 0 Å². The molecule has 4 heterocycles. The third kappa shape index (κ3) is 4.97. The number of ether oxygens (including phenoxy) is 2. The number of aryl methyl sites for hydroxylation is 1. The number of aromatic amines is 1. The van der Waals surface area contributed by atoms with E-state index >= 15 is 0 Å². The van der Waals surface area contributed by atoms with Crippen LogP contribution in [-0.4, -0.2) is 65.1 Å². The summed E-state index contributed by atoms with van der Waals surface area (Å²) in [5, 5.41) is 9.05. The summed E-state index contributed by atoms with van der Waals surface area (Å²) in [5.74, 6) is -0.139. The van der Waals surface area contributed by atoms with E-state index in [9.17, 15) is 9.59 Å². The van der Waals surface area contributed by atoms with E-state index in [0.717, 1.165) is 67.7 Å². The summed E-state index contributed by atoms with van der Waals surface area (Å²) in [6, 6.07) is 12.3. The van der Waals surface area contributed by atoms with Crippen LogP contribution in [0.5, 0.6) is 0 Å². The molecule has 0 atom stereocenters. The van der Waals surface area contributed by atoms with E-state index in [1.807, 2.05) is 35.9 Å². The molecular weight excluding hydrogens is 482 g/mol. The van der Waals surface area contributed by atoms with E-state index in [4.69, 9.17) is 9.47 Å². The van der Waals surface area contributed by atoms with Crippen LogP contribution >= 0.6 is 0 Å². The molecule has 2 aliphatic rings. The van der Waals surface area contributed by atoms with Gasteiger partial charge in [0.15, 0.2) is 0 Å². The summed E-state index contributed by atoms with van der Waals surface area (Å²) in [4.78, 5) is 31.5. The van der Waals surface area contributed by atoms with Gasteiger partial charge >= 0.3 is 0 Å². The second-order valence-electron chi connectivity index (χ2n) is 10.3. The second kappa shape index (κ2) is 10.7. The number of nitrogens with zero attached hydrogens (tertiary/aromatic N) is 3. The van der Waals surface area contributed by atoms with E-state index in [0.29, 0.717) is 36.2 Å². The number of amides is 1. The number of morpholine rings is 1. The zero-order valence-electron chi connectivity index (χ0n) is 21.7. The van der Waals surface area contributed by atoms with Crippen molar-refractivity contribution in [2.24, 2.45) is 0 Å². The Hall–Kier alpha value is -3.53. The summed E-state index contributed by atoms with van der Waals surface area (Å²) >= 11 is 0. The number of rotatable bonds is 6. The van der Waals surface area contributed by atoms with E-state index in [2.05, 4.69) is 32.4 Å². The molecule has 9 heteroatoms. The highest BCUT2D eigenvalue weighted by Crippen LogP contribution is 2.30. The summed E-state index contributed by atoms with van der Waals surface area (Å²) in [6.45, 7) is 7.99. The lowest BCUT2D eigenvalue weighted by Gasteiger charge is -2.26. The number of hydrogen-bond acceptors (Lipinski definition) is 6. The molecule has 2 aromatic heterocycles. The topological polar surface area (TPSA) is 101 Å². The molecule has 0 bridgehead atoms. The minimum absolute atomic E-state index is 0.139. The van der Waals surface area contributed by atoms with Crippen LogP contribution in [0.25, 0.3) is 21.8 Å². The van der Waals surface area contributed by atoms with Gasteiger partial charge in [0.1, 0.15) is 0 Å². The number of H-pyrrole nitrogens is 1. The lowest BCUT2D eigenvalue weighted by molar-refractivity contribution is 0.0342. The van der Waals surface area contributed by atoms with Gasteiger partial charge in [-0.1, -0.05) is 24.3 Å². The third-order valence-electron chi connectivity index (χ3n) is 7.64. The Kier molecular flexibility index (Phi) is 6.97. The van der Waals surface area contributed by atoms with Gasteiger partial charge in [-0.2, -0.15) is 5.10 Å². The Morgan fingerprint density at radius 1 is 1.05 bits per heavy atom. The van der Waals surface area contributed by atoms with Gasteiger partial charge in [-0.3, -0.25) is 19.2 Å². The first-order chi connectivity index (χ1) is 18.6. The van der Waals surface area contributed by atoms with Crippen molar-refractivity contribution in [1.82, 2.24) is 25.0 Å². The molecule has 198 valence electrons. The fraction of sp³-hybridized carbons (Fsp3) is 0.414. The van der Waals surface area contributed by atoms with Crippen molar-refractivity contribution in [3.8, 4) is 0 Å². The zero-order chi connectivity index (χ0) is 26.1. The maximum atomic E-state index is 13.4.